The minimum absolute atomic E-state index is 0.493. The Morgan fingerprint density at radius 1 is 1.71 bits per heavy atom. The third kappa shape index (κ3) is 3.32. The molecule has 0 saturated carbocycles. The summed E-state index contributed by atoms with van der Waals surface area (Å²) in [5.74, 6) is 0.493. The Hall–Kier alpha value is -1.12. The van der Waals surface area contributed by atoms with Gasteiger partial charge >= 0.3 is 0 Å². The molecule has 74 valence electrons. The molecule has 0 saturated heterocycles. The van der Waals surface area contributed by atoms with E-state index in [2.05, 4.69) is 9.97 Å². The van der Waals surface area contributed by atoms with Crippen LogP contribution in [0.3, 0.4) is 0 Å². The Balaban J connectivity index is 2.59. The predicted octanol–water partition coefficient (Wildman–Crippen LogP) is 1.12. The van der Waals surface area contributed by atoms with Crippen LogP contribution in [0, 0.1) is 18.3 Å². The van der Waals surface area contributed by atoms with Crippen molar-refractivity contribution in [3.05, 3.63) is 18.0 Å². The van der Waals surface area contributed by atoms with Crippen LogP contribution in [0.5, 0.6) is 0 Å². The van der Waals surface area contributed by atoms with Gasteiger partial charge < -0.3 is 5.73 Å². The molecule has 1 aromatic heterocycles. The Bertz CT molecular complexity index is 356. The van der Waals surface area contributed by atoms with E-state index in [-0.39, 0.29) is 0 Å². The standard InChI is InChI=1S/C9H12N4S/c1-7-3-4-12-8(13-7)14-6-9(2,11)5-10/h3-4H,6,11H2,1-2H3. The van der Waals surface area contributed by atoms with Crippen LogP contribution in [0.15, 0.2) is 17.4 Å². The van der Waals surface area contributed by atoms with Crippen molar-refractivity contribution in [2.24, 2.45) is 5.73 Å². The highest BCUT2D eigenvalue weighted by Gasteiger charge is 2.17. The SMILES string of the molecule is Cc1ccnc(SCC(C)(N)C#N)n1. The molecule has 0 aliphatic rings. The molecule has 0 spiro atoms. The van der Waals surface area contributed by atoms with Gasteiger partial charge in [0.05, 0.1) is 6.07 Å². The van der Waals surface area contributed by atoms with Crippen molar-refractivity contribution >= 4 is 11.8 Å². The minimum Gasteiger partial charge on any atom is -0.313 e. The van der Waals surface area contributed by atoms with Gasteiger partial charge in [0.15, 0.2) is 5.16 Å². The van der Waals surface area contributed by atoms with Gasteiger partial charge in [0.25, 0.3) is 0 Å². The van der Waals surface area contributed by atoms with Crippen LogP contribution in [-0.2, 0) is 0 Å². The van der Waals surface area contributed by atoms with Crippen LogP contribution in [0.4, 0.5) is 0 Å². The van der Waals surface area contributed by atoms with Crippen LogP contribution in [0.2, 0.25) is 0 Å². The van der Waals surface area contributed by atoms with Crippen LogP contribution in [-0.4, -0.2) is 21.3 Å². The summed E-state index contributed by atoms with van der Waals surface area (Å²) in [5, 5.41) is 9.36. The third-order valence-electron chi connectivity index (χ3n) is 1.53. The lowest BCUT2D eigenvalue weighted by Gasteiger charge is -2.13. The lowest BCUT2D eigenvalue weighted by Crippen LogP contribution is -2.36. The van der Waals surface area contributed by atoms with E-state index in [9.17, 15) is 0 Å². The topological polar surface area (TPSA) is 75.6 Å². The summed E-state index contributed by atoms with van der Waals surface area (Å²) in [6.07, 6.45) is 1.70. The molecule has 0 radical (unpaired) electrons. The minimum atomic E-state index is -0.822. The van der Waals surface area contributed by atoms with Gasteiger partial charge in [-0.1, -0.05) is 11.8 Å². The van der Waals surface area contributed by atoms with Crippen molar-refractivity contribution in [2.45, 2.75) is 24.5 Å². The van der Waals surface area contributed by atoms with Crippen molar-refractivity contribution in [2.75, 3.05) is 5.75 Å². The van der Waals surface area contributed by atoms with Gasteiger partial charge in [-0.2, -0.15) is 5.26 Å². The zero-order chi connectivity index (χ0) is 10.6. The molecule has 1 aromatic rings. The highest BCUT2D eigenvalue weighted by molar-refractivity contribution is 7.99. The number of hydrogen-bond donors (Lipinski definition) is 1. The first-order chi connectivity index (χ1) is 6.53. The molecular weight excluding hydrogens is 196 g/mol. The van der Waals surface area contributed by atoms with E-state index in [0.29, 0.717) is 10.9 Å². The van der Waals surface area contributed by atoms with Crippen LogP contribution < -0.4 is 5.73 Å². The van der Waals surface area contributed by atoms with Crippen LogP contribution in [0.1, 0.15) is 12.6 Å². The Kier molecular flexibility index (Phi) is 3.44. The molecule has 14 heavy (non-hydrogen) atoms. The van der Waals surface area contributed by atoms with Gasteiger partial charge in [0.1, 0.15) is 5.54 Å². The van der Waals surface area contributed by atoms with Gasteiger partial charge in [0, 0.05) is 17.6 Å². The highest BCUT2D eigenvalue weighted by Crippen LogP contribution is 2.16. The van der Waals surface area contributed by atoms with E-state index >= 15 is 0 Å². The third-order valence-corrected chi connectivity index (χ3v) is 2.73. The van der Waals surface area contributed by atoms with Crippen LogP contribution >= 0.6 is 11.8 Å². The van der Waals surface area contributed by atoms with Gasteiger partial charge in [0.2, 0.25) is 0 Å². The molecule has 0 bridgehead atoms. The van der Waals surface area contributed by atoms with Gasteiger partial charge in [-0.05, 0) is 19.9 Å². The van der Waals surface area contributed by atoms with Crippen molar-refractivity contribution in [1.82, 2.24) is 9.97 Å². The largest absolute Gasteiger partial charge is 0.313 e. The van der Waals surface area contributed by atoms with Crippen LogP contribution in [0.25, 0.3) is 0 Å². The first-order valence-corrected chi connectivity index (χ1v) is 5.15. The number of rotatable bonds is 3. The van der Waals surface area contributed by atoms with Crippen molar-refractivity contribution in [3.8, 4) is 6.07 Å². The fourth-order valence-electron chi connectivity index (χ4n) is 0.742. The number of aryl methyl sites for hydroxylation is 1. The summed E-state index contributed by atoms with van der Waals surface area (Å²) in [4.78, 5) is 8.26. The van der Waals surface area contributed by atoms with Gasteiger partial charge in [-0.15, -0.1) is 0 Å². The summed E-state index contributed by atoms with van der Waals surface area (Å²) in [6.45, 7) is 3.59. The van der Waals surface area contributed by atoms with Gasteiger partial charge in [-0.3, -0.25) is 0 Å². The number of nitrogens with zero attached hydrogens (tertiary/aromatic N) is 3. The highest BCUT2D eigenvalue weighted by atomic mass is 32.2. The maximum Gasteiger partial charge on any atom is 0.187 e. The fourth-order valence-corrected chi connectivity index (χ4v) is 1.58. The first-order valence-electron chi connectivity index (χ1n) is 4.16. The summed E-state index contributed by atoms with van der Waals surface area (Å²) in [5.41, 5.74) is 5.76. The van der Waals surface area contributed by atoms with Crippen molar-refractivity contribution in [1.29, 1.82) is 5.26 Å². The van der Waals surface area contributed by atoms with E-state index in [1.165, 1.54) is 11.8 Å². The van der Waals surface area contributed by atoms with Crippen molar-refractivity contribution < 1.29 is 0 Å². The molecule has 5 heteroatoms. The van der Waals surface area contributed by atoms with E-state index in [1.54, 1.807) is 13.1 Å². The van der Waals surface area contributed by atoms with Crippen molar-refractivity contribution in [3.63, 3.8) is 0 Å². The summed E-state index contributed by atoms with van der Waals surface area (Å²) in [6, 6.07) is 3.86. The second-order valence-corrected chi connectivity index (χ2v) is 4.24. The Morgan fingerprint density at radius 2 is 2.43 bits per heavy atom. The molecule has 1 heterocycles. The quantitative estimate of drug-likeness (QED) is 0.595. The maximum absolute atomic E-state index is 8.70. The van der Waals surface area contributed by atoms with E-state index in [1.807, 2.05) is 19.1 Å². The first kappa shape index (κ1) is 11.0. The average molecular weight is 208 g/mol. The monoisotopic (exact) mass is 208 g/mol. The zero-order valence-corrected chi connectivity index (χ0v) is 9.01. The van der Waals surface area contributed by atoms with E-state index in [0.717, 1.165) is 5.69 Å². The molecule has 0 amide bonds. The summed E-state index contributed by atoms with van der Waals surface area (Å²) >= 11 is 1.40. The normalized spacial score (nSPS) is 14.4. The summed E-state index contributed by atoms with van der Waals surface area (Å²) < 4.78 is 0. The Labute approximate surface area is 87.6 Å². The average Bonchev–Trinajstić information content (AvgIpc) is 2.15. The zero-order valence-electron chi connectivity index (χ0n) is 8.19. The molecular formula is C9H12N4S. The van der Waals surface area contributed by atoms with E-state index in [4.69, 9.17) is 11.0 Å². The molecule has 2 N–H and O–H groups in total. The molecule has 1 atom stereocenters. The van der Waals surface area contributed by atoms with Gasteiger partial charge in [-0.25, -0.2) is 9.97 Å². The lowest BCUT2D eigenvalue weighted by molar-refractivity contribution is 0.680. The molecule has 4 nitrogen and oxygen atoms in total. The Morgan fingerprint density at radius 3 is 3.00 bits per heavy atom. The second-order valence-electron chi connectivity index (χ2n) is 3.30. The number of nitriles is 1. The molecule has 0 fully saturated rings. The number of hydrogen-bond acceptors (Lipinski definition) is 5. The predicted molar refractivity (Wildman–Crippen MR) is 55.7 cm³/mol. The maximum atomic E-state index is 8.70. The number of aromatic nitrogens is 2. The molecule has 0 aromatic carbocycles. The fraction of sp³-hybridized carbons (Fsp3) is 0.444. The lowest BCUT2D eigenvalue weighted by atomic mass is 10.1. The number of nitrogens with two attached hydrogens (primary N) is 1. The second kappa shape index (κ2) is 4.40. The number of thioether (sulfide) groups is 1. The molecule has 0 aliphatic carbocycles. The summed E-state index contributed by atoms with van der Waals surface area (Å²) in [7, 11) is 0. The molecule has 0 aliphatic heterocycles. The smallest absolute Gasteiger partial charge is 0.187 e. The molecule has 1 unspecified atom stereocenters. The molecule has 1 rings (SSSR count). The van der Waals surface area contributed by atoms with E-state index < -0.39 is 5.54 Å².